The van der Waals surface area contributed by atoms with Gasteiger partial charge in [-0.1, -0.05) is 24.3 Å². The smallest absolute Gasteiger partial charge is 0.136 e. The minimum Gasteiger partial charge on any atom is -0.491 e. The molecule has 0 saturated carbocycles. The minimum absolute atomic E-state index is 0.136. The predicted octanol–water partition coefficient (Wildman–Crippen LogP) is 4.41. The molecule has 1 atom stereocenters. The summed E-state index contributed by atoms with van der Waals surface area (Å²) >= 11 is 1.43. The van der Waals surface area contributed by atoms with Gasteiger partial charge in [0.1, 0.15) is 11.6 Å². The van der Waals surface area contributed by atoms with Gasteiger partial charge in [-0.25, -0.2) is 4.39 Å². The summed E-state index contributed by atoms with van der Waals surface area (Å²) in [5.74, 6) is 1.27. The molecule has 112 valence electrons. The highest BCUT2D eigenvalue weighted by molar-refractivity contribution is 7.99. The van der Waals surface area contributed by atoms with Crippen LogP contribution in [-0.2, 0) is 0 Å². The zero-order valence-corrected chi connectivity index (χ0v) is 13.1. The molecular formula is C17H20FNOS. The lowest BCUT2D eigenvalue weighted by Crippen LogP contribution is -2.13. The lowest BCUT2D eigenvalue weighted by Gasteiger charge is -2.14. The Balaban J connectivity index is 1.94. The van der Waals surface area contributed by atoms with E-state index in [2.05, 4.69) is 0 Å². The van der Waals surface area contributed by atoms with Crippen LogP contribution in [0.3, 0.4) is 0 Å². The van der Waals surface area contributed by atoms with E-state index in [9.17, 15) is 4.39 Å². The second-order valence-electron chi connectivity index (χ2n) is 5.08. The van der Waals surface area contributed by atoms with E-state index in [1.807, 2.05) is 44.2 Å². The molecule has 2 N–H and O–H groups in total. The fourth-order valence-corrected chi connectivity index (χ4v) is 2.84. The van der Waals surface area contributed by atoms with Crippen molar-refractivity contribution in [2.24, 2.45) is 5.73 Å². The summed E-state index contributed by atoms with van der Waals surface area (Å²) in [5, 5.41) is 0. The Bertz CT molecular complexity index is 571. The molecule has 0 amide bonds. The zero-order valence-electron chi connectivity index (χ0n) is 12.3. The van der Waals surface area contributed by atoms with E-state index < -0.39 is 0 Å². The van der Waals surface area contributed by atoms with Gasteiger partial charge in [0.2, 0.25) is 0 Å². The average Bonchev–Trinajstić information content (AvgIpc) is 2.46. The van der Waals surface area contributed by atoms with Crippen molar-refractivity contribution in [1.82, 2.24) is 0 Å². The van der Waals surface area contributed by atoms with E-state index in [1.54, 1.807) is 12.1 Å². The van der Waals surface area contributed by atoms with E-state index >= 15 is 0 Å². The van der Waals surface area contributed by atoms with Gasteiger partial charge in [-0.15, -0.1) is 11.8 Å². The second kappa shape index (κ2) is 7.48. The maximum Gasteiger partial charge on any atom is 0.136 e. The molecule has 0 bridgehead atoms. The van der Waals surface area contributed by atoms with Gasteiger partial charge in [-0.05, 0) is 43.7 Å². The third-order valence-electron chi connectivity index (χ3n) is 2.94. The van der Waals surface area contributed by atoms with E-state index in [0.717, 1.165) is 11.3 Å². The van der Waals surface area contributed by atoms with Gasteiger partial charge in [0.15, 0.2) is 0 Å². The van der Waals surface area contributed by atoms with Crippen LogP contribution < -0.4 is 10.5 Å². The van der Waals surface area contributed by atoms with Crippen LogP contribution in [0, 0.1) is 5.82 Å². The molecule has 0 aliphatic heterocycles. The summed E-state index contributed by atoms with van der Waals surface area (Å²) in [5.41, 5.74) is 7.18. The Labute approximate surface area is 129 Å². The first-order valence-corrected chi connectivity index (χ1v) is 7.94. The van der Waals surface area contributed by atoms with Crippen LogP contribution >= 0.6 is 11.8 Å². The topological polar surface area (TPSA) is 35.2 Å². The Hall–Kier alpha value is -1.52. The van der Waals surface area contributed by atoms with Crippen molar-refractivity contribution < 1.29 is 9.13 Å². The number of thioether (sulfide) groups is 1. The number of hydrogen-bond donors (Lipinski definition) is 1. The number of halogens is 1. The molecule has 0 aliphatic rings. The van der Waals surface area contributed by atoms with Crippen molar-refractivity contribution in [2.45, 2.75) is 30.9 Å². The molecule has 2 aromatic carbocycles. The maximum atomic E-state index is 13.5. The third kappa shape index (κ3) is 4.76. The highest BCUT2D eigenvalue weighted by atomic mass is 32.2. The molecule has 0 radical (unpaired) electrons. The quantitative estimate of drug-likeness (QED) is 0.803. The van der Waals surface area contributed by atoms with Gasteiger partial charge < -0.3 is 10.5 Å². The SMILES string of the molecule is CC(C)Oc1ccc(C(N)CSc2ccccc2F)cc1. The Morgan fingerprint density at radius 2 is 1.76 bits per heavy atom. The van der Waals surface area contributed by atoms with Crippen molar-refractivity contribution in [2.75, 3.05) is 5.75 Å². The average molecular weight is 305 g/mol. The first-order chi connectivity index (χ1) is 10.1. The predicted molar refractivity (Wildman–Crippen MR) is 86.3 cm³/mol. The molecule has 0 aliphatic carbocycles. The van der Waals surface area contributed by atoms with E-state index in [-0.39, 0.29) is 18.0 Å². The summed E-state index contributed by atoms with van der Waals surface area (Å²) in [7, 11) is 0. The summed E-state index contributed by atoms with van der Waals surface area (Å²) in [4.78, 5) is 0.632. The zero-order chi connectivity index (χ0) is 15.2. The summed E-state index contributed by atoms with van der Waals surface area (Å²) in [6.45, 7) is 3.98. The molecule has 0 heterocycles. The molecular weight excluding hydrogens is 285 g/mol. The number of ether oxygens (including phenoxy) is 1. The molecule has 0 saturated heterocycles. The van der Waals surface area contributed by atoms with Gasteiger partial charge in [-0.2, -0.15) is 0 Å². The monoisotopic (exact) mass is 305 g/mol. The number of nitrogens with two attached hydrogens (primary N) is 1. The fourth-order valence-electron chi connectivity index (χ4n) is 1.90. The van der Waals surface area contributed by atoms with E-state index in [1.165, 1.54) is 17.8 Å². The molecule has 21 heavy (non-hydrogen) atoms. The van der Waals surface area contributed by atoms with Crippen molar-refractivity contribution in [1.29, 1.82) is 0 Å². The normalized spacial score (nSPS) is 12.4. The molecule has 2 rings (SSSR count). The lowest BCUT2D eigenvalue weighted by molar-refractivity contribution is 0.242. The fraction of sp³-hybridized carbons (Fsp3) is 0.294. The summed E-state index contributed by atoms with van der Waals surface area (Å²) in [6, 6.07) is 14.4. The summed E-state index contributed by atoms with van der Waals surface area (Å²) in [6.07, 6.45) is 0.154. The van der Waals surface area contributed by atoms with Gasteiger partial charge in [0, 0.05) is 16.7 Å². The minimum atomic E-state index is -0.199. The largest absolute Gasteiger partial charge is 0.491 e. The Kier molecular flexibility index (Phi) is 5.65. The van der Waals surface area contributed by atoms with Crippen LogP contribution in [0.15, 0.2) is 53.4 Å². The molecule has 0 aromatic heterocycles. The maximum absolute atomic E-state index is 13.5. The number of benzene rings is 2. The van der Waals surface area contributed by atoms with Crippen molar-refractivity contribution in [3.05, 3.63) is 59.9 Å². The lowest BCUT2D eigenvalue weighted by atomic mass is 10.1. The van der Waals surface area contributed by atoms with Crippen molar-refractivity contribution in [3.8, 4) is 5.75 Å². The van der Waals surface area contributed by atoms with Gasteiger partial charge in [0.25, 0.3) is 0 Å². The second-order valence-corrected chi connectivity index (χ2v) is 6.15. The highest BCUT2D eigenvalue weighted by Gasteiger charge is 2.09. The highest BCUT2D eigenvalue weighted by Crippen LogP contribution is 2.26. The molecule has 2 nitrogen and oxygen atoms in total. The van der Waals surface area contributed by atoms with Crippen molar-refractivity contribution in [3.63, 3.8) is 0 Å². The first-order valence-electron chi connectivity index (χ1n) is 6.96. The van der Waals surface area contributed by atoms with Crippen LogP contribution in [0.5, 0.6) is 5.75 Å². The Morgan fingerprint density at radius 1 is 1.10 bits per heavy atom. The van der Waals surface area contributed by atoms with Gasteiger partial charge in [0.05, 0.1) is 6.10 Å². The third-order valence-corrected chi connectivity index (χ3v) is 4.10. The van der Waals surface area contributed by atoms with Gasteiger partial charge >= 0.3 is 0 Å². The van der Waals surface area contributed by atoms with Crippen LogP contribution in [0.4, 0.5) is 4.39 Å². The molecule has 0 fully saturated rings. The van der Waals surface area contributed by atoms with Crippen LogP contribution in [-0.4, -0.2) is 11.9 Å². The molecule has 0 spiro atoms. The number of rotatable bonds is 6. The van der Waals surface area contributed by atoms with Crippen LogP contribution in [0.2, 0.25) is 0 Å². The Morgan fingerprint density at radius 3 is 2.38 bits per heavy atom. The first kappa shape index (κ1) is 15.9. The van der Waals surface area contributed by atoms with Crippen LogP contribution in [0.25, 0.3) is 0 Å². The molecule has 2 aromatic rings. The number of hydrogen-bond acceptors (Lipinski definition) is 3. The van der Waals surface area contributed by atoms with Crippen LogP contribution in [0.1, 0.15) is 25.5 Å². The van der Waals surface area contributed by atoms with E-state index in [4.69, 9.17) is 10.5 Å². The van der Waals surface area contributed by atoms with Gasteiger partial charge in [-0.3, -0.25) is 0 Å². The van der Waals surface area contributed by atoms with E-state index in [0.29, 0.717) is 10.6 Å². The molecule has 1 unspecified atom stereocenters. The summed E-state index contributed by atoms with van der Waals surface area (Å²) < 4.78 is 19.1. The standard InChI is InChI=1S/C17H20FNOS/c1-12(2)20-14-9-7-13(8-10-14)16(19)11-21-17-6-4-3-5-15(17)18/h3-10,12,16H,11,19H2,1-2H3. The van der Waals surface area contributed by atoms with Crippen molar-refractivity contribution >= 4 is 11.8 Å². The molecule has 4 heteroatoms.